The number of nitrogens with two attached hydrogens (primary N) is 2. The van der Waals surface area contributed by atoms with Crippen molar-refractivity contribution < 1.29 is 0 Å². The van der Waals surface area contributed by atoms with Crippen LogP contribution in [-0.2, 0) is 0 Å². The van der Waals surface area contributed by atoms with Crippen molar-refractivity contribution in [3.05, 3.63) is 0 Å². The minimum atomic E-state index is -2.55. The molecule has 0 aliphatic heterocycles. The van der Waals surface area contributed by atoms with Gasteiger partial charge in [0.15, 0.2) is 0 Å². The minimum absolute atomic E-state index is 0.555. The molecule has 0 rings (SSSR count). The maximum absolute atomic E-state index is 5.99. The van der Waals surface area contributed by atoms with E-state index < -0.39 is 18.9 Å². The normalized spacial score (nSPS) is 13.3. The Balaban J connectivity index is 4.01. The summed E-state index contributed by atoms with van der Waals surface area (Å²) in [7, 11) is 0. The van der Waals surface area contributed by atoms with Crippen LogP contribution in [0.3, 0.4) is 0 Å². The van der Waals surface area contributed by atoms with Crippen LogP contribution >= 0.6 is 0 Å². The van der Waals surface area contributed by atoms with Crippen LogP contribution in [0.4, 0.5) is 0 Å². The third-order valence-corrected chi connectivity index (χ3v) is 13.4. The van der Waals surface area contributed by atoms with Gasteiger partial charge < -0.3 is 0 Å². The molecule has 0 aromatic carbocycles. The zero-order chi connectivity index (χ0) is 7.65. The van der Waals surface area contributed by atoms with Gasteiger partial charge in [-0.2, -0.15) is 0 Å². The van der Waals surface area contributed by atoms with Crippen molar-refractivity contribution >= 4 is 18.9 Å². The molecule has 4 N–H and O–H groups in total. The van der Waals surface area contributed by atoms with Crippen molar-refractivity contribution in [1.29, 1.82) is 0 Å². The monoisotopic (exact) mass is 238 g/mol. The van der Waals surface area contributed by atoms with Gasteiger partial charge in [-0.25, -0.2) is 0 Å². The van der Waals surface area contributed by atoms with Gasteiger partial charge >= 0.3 is 62.4 Å². The van der Waals surface area contributed by atoms with Gasteiger partial charge in [0.05, 0.1) is 0 Å². The second-order valence-corrected chi connectivity index (χ2v) is 15.6. The number of hydrogen-bond acceptors (Lipinski definition) is 2. The molecule has 0 radical (unpaired) electrons. The summed E-state index contributed by atoms with van der Waals surface area (Å²) in [4.78, 5) is 0. The average molecular weight is 237 g/mol. The van der Waals surface area contributed by atoms with E-state index in [1.807, 2.05) is 0 Å². The molecule has 0 amide bonds. The van der Waals surface area contributed by atoms with Gasteiger partial charge in [-0.1, -0.05) is 0 Å². The fraction of sp³-hybridized carbons (Fsp3) is 1.00. The summed E-state index contributed by atoms with van der Waals surface area (Å²) in [5.41, 5.74) is 0. The Morgan fingerprint density at radius 2 is 1.11 bits per heavy atom. The molecule has 0 fully saturated rings. The quantitative estimate of drug-likeness (QED) is 0.708. The molecule has 9 heavy (non-hydrogen) atoms. The summed E-state index contributed by atoms with van der Waals surface area (Å²) in [6.45, 7) is 8.54. The molecule has 0 unspecified atom stereocenters. The second kappa shape index (κ2) is 3.21. The average Bonchev–Trinajstić information content (AvgIpc) is 1.65. The van der Waals surface area contributed by atoms with E-state index in [-0.39, 0.29) is 0 Å². The van der Waals surface area contributed by atoms with Crippen molar-refractivity contribution in [3.63, 3.8) is 0 Å². The molecular formula is C6H18N2Sn. The van der Waals surface area contributed by atoms with Crippen LogP contribution in [0.1, 0.15) is 27.7 Å². The Hall–Kier alpha value is 0.719. The first kappa shape index (κ1) is 9.72. The van der Waals surface area contributed by atoms with Crippen molar-refractivity contribution in [2.45, 2.75) is 35.6 Å². The molecule has 0 atom stereocenters. The molecule has 0 aliphatic rings. The summed E-state index contributed by atoms with van der Waals surface area (Å²) in [5.74, 6) is 0. The fourth-order valence-corrected chi connectivity index (χ4v) is 4.47. The van der Waals surface area contributed by atoms with Crippen LogP contribution in [-0.4, -0.2) is 18.9 Å². The second-order valence-electron chi connectivity index (χ2n) is 3.31. The third-order valence-electron chi connectivity index (χ3n) is 2.00. The molecular weight excluding hydrogens is 219 g/mol. The molecule has 2 nitrogen and oxygen atoms in total. The van der Waals surface area contributed by atoms with Crippen molar-refractivity contribution in [1.82, 2.24) is 0 Å². The van der Waals surface area contributed by atoms with Crippen LogP contribution in [0, 0.1) is 0 Å². The van der Waals surface area contributed by atoms with Gasteiger partial charge in [-0.05, 0) is 0 Å². The number of rotatable bonds is 2. The van der Waals surface area contributed by atoms with Crippen molar-refractivity contribution in [3.8, 4) is 0 Å². The van der Waals surface area contributed by atoms with E-state index in [9.17, 15) is 0 Å². The van der Waals surface area contributed by atoms with Crippen molar-refractivity contribution in [2.24, 2.45) is 7.91 Å². The Bertz CT molecular complexity index is 79.1. The molecule has 0 aliphatic carbocycles. The van der Waals surface area contributed by atoms with Crippen LogP contribution in [0.15, 0.2) is 0 Å². The standard InChI is InChI=1S/2C3H7.2H2N.Sn/c2*1-3-2;;;/h2*3H,1-2H3;2*1H2;/q;;2*-1;+2. The Kier molecular flexibility index (Phi) is 3.47. The Morgan fingerprint density at radius 1 is 0.889 bits per heavy atom. The molecule has 0 heterocycles. The molecule has 0 aromatic heterocycles. The molecule has 0 bridgehead atoms. The molecule has 56 valence electrons. The zero-order valence-corrected chi connectivity index (χ0v) is 9.66. The Labute approximate surface area is 62.6 Å². The van der Waals surface area contributed by atoms with Crippen LogP contribution in [0.2, 0.25) is 7.87 Å². The van der Waals surface area contributed by atoms with Crippen LogP contribution < -0.4 is 7.91 Å². The molecule has 3 heteroatoms. The fourth-order valence-electron chi connectivity index (χ4n) is 0.667. The van der Waals surface area contributed by atoms with Gasteiger partial charge in [0.25, 0.3) is 0 Å². The van der Waals surface area contributed by atoms with Gasteiger partial charge in [0.2, 0.25) is 0 Å². The van der Waals surface area contributed by atoms with Gasteiger partial charge in [0.1, 0.15) is 0 Å². The van der Waals surface area contributed by atoms with Crippen molar-refractivity contribution in [2.75, 3.05) is 0 Å². The van der Waals surface area contributed by atoms with Crippen LogP contribution in [0.25, 0.3) is 0 Å². The van der Waals surface area contributed by atoms with E-state index in [0.717, 1.165) is 0 Å². The Morgan fingerprint density at radius 3 is 1.11 bits per heavy atom. The maximum atomic E-state index is 5.99. The zero-order valence-electron chi connectivity index (χ0n) is 6.81. The van der Waals surface area contributed by atoms with E-state index in [2.05, 4.69) is 27.7 Å². The van der Waals surface area contributed by atoms with E-state index in [0.29, 0.717) is 7.87 Å². The van der Waals surface area contributed by atoms with Crippen LogP contribution in [0.5, 0.6) is 0 Å². The summed E-state index contributed by atoms with van der Waals surface area (Å²) in [6.07, 6.45) is 0. The predicted octanol–water partition coefficient (Wildman–Crippen LogP) is 1.17. The van der Waals surface area contributed by atoms with E-state index in [1.54, 1.807) is 0 Å². The third kappa shape index (κ3) is 2.43. The van der Waals surface area contributed by atoms with E-state index >= 15 is 0 Å². The van der Waals surface area contributed by atoms with Gasteiger partial charge in [-0.3, -0.25) is 0 Å². The summed E-state index contributed by atoms with van der Waals surface area (Å²) >= 11 is -2.55. The molecule has 0 saturated carbocycles. The van der Waals surface area contributed by atoms with Gasteiger partial charge in [-0.15, -0.1) is 0 Å². The topological polar surface area (TPSA) is 52.0 Å². The van der Waals surface area contributed by atoms with E-state index in [4.69, 9.17) is 7.91 Å². The summed E-state index contributed by atoms with van der Waals surface area (Å²) in [6, 6.07) is 0. The molecule has 0 saturated heterocycles. The number of hydrogen-bond donors (Lipinski definition) is 2. The predicted molar refractivity (Wildman–Crippen MR) is 44.3 cm³/mol. The summed E-state index contributed by atoms with van der Waals surface area (Å²) < 4.78 is 13.1. The first-order valence-electron chi connectivity index (χ1n) is 3.46. The first-order chi connectivity index (χ1) is 3.89. The molecule has 0 aromatic rings. The van der Waals surface area contributed by atoms with Gasteiger partial charge in [0, 0.05) is 0 Å². The van der Waals surface area contributed by atoms with E-state index in [1.165, 1.54) is 0 Å². The summed E-state index contributed by atoms with van der Waals surface area (Å²) in [5, 5.41) is 0. The first-order valence-corrected chi connectivity index (χ1v) is 10.1. The SMILES string of the molecule is C[CH](C)[Sn]([NH2])([NH2])[CH](C)C. The molecule has 0 spiro atoms.